The molecule has 1 aliphatic carbocycles. The summed E-state index contributed by atoms with van der Waals surface area (Å²) in [7, 11) is 0. The summed E-state index contributed by atoms with van der Waals surface area (Å²) in [6.45, 7) is 0.904. The molecule has 0 amide bonds. The topological polar surface area (TPSA) is 48.7 Å². The number of halogens is 1. The van der Waals surface area contributed by atoms with Crippen molar-refractivity contribution in [3.63, 3.8) is 0 Å². The molecule has 84 valence electrons. The Bertz CT molecular complexity index is 405. The van der Waals surface area contributed by atoms with Gasteiger partial charge in [0, 0.05) is 12.7 Å². The molecule has 3 nitrogen and oxygen atoms in total. The van der Waals surface area contributed by atoms with Crippen molar-refractivity contribution < 1.29 is 0 Å². The van der Waals surface area contributed by atoms with E-state index in [1.165, 1.54) is 25.7 Å². The van der Waals surface area contributed by atoms with Crippen LogP contribution < -0.4 is 5.32 Å². The van der Waals surface area contributed by atoms with Gasteiger partial charge in [-0.1, -0.05) is 24.4 Å². The number of hydrogen-bond acceptors (Lipinski definition) is 3. The Balaban J connectivity index is 2.01. The van der Waals surface area contributed by atoms with E-state index in [2.05, 4.69) is 16.4 Å². The second-order valence-corrected chi connectivity index (χ2v) is 4.54. The van der Waals surface area contributed by atoms with Crippen molar-refractivity contribution in [1.82, 2.24) is 4.98 Å². The summed E-state index contributed by atoms with van der Waals surface area (Å²) in [5, 5.41) is 12.5. The number of pyridine rings is 1. The SMILES string of the molecule is N#Cc1ccnc(NCC2CCCC2)c1Cl. The summed E-state index contributed by atoms with van der Waals surface area (Å²) >= 11 is 6.05. The van der Waals surface area contributed by atoms with Gasteiger partial charge < -0.3 is 5.32 Å². The van der Waals surface area contributed by atoms with Crippen molar-refractivity contribution in [2.75, 3.05) is 11.9 Å². The summed E-state index contributed by atoms with van der Waals surface area (Å²) in [5.41, 5.74) is 0.477. The Morgan fingerprint density at radius 3 is 2.94 bits per heavy atom. The predicted molar refractivity (Wildman–Crippen MR) is 64.4 cm³/mol. The largest absolute Gasteiger partial charge is 0.369 e. The first kappa shape index (κ1) is 11.2. The second kappa shape index (κ2) is 5.18. The normalized spacial score (nSPS) is 16.0. The Hall–Kier alpha value is -1.27. The number of nitrogens with one attached hydrogen (secondary N) is 1. The molecule has 16 heavy (non-hydrogen) atoms. The van der Waals surface area contributed by atoms with E-state index in [0.29, 0.717) is 16.4 Å². The van der Waals surface area contributed by atoms with Crippen LogP contribution in [-0.4, -0.2) is 11.5 Å². The number of aromatic nitrogens is 1. The number of hydrogen-bond donors (Lipinski definition) is 1. The van der Waals surface area contributed by atoms with Gasteiger partial charge in [-0.2, -0.15) is 5.26 Å². The van der Waals surface area contributed by atoms with Crippen LogP contribution in [0.3, 0.4) is 0 Å². The van der Waals surface area contributed by atoms with Crippen molar-refractivity contribution in [2.24, 2.45) is 5.92 Å². The molecule has 0 aliphatic heterocycles. The van der Waals surface area contributed by atoms with E-state index in [9.17, 15) is 0 Å². The minimum Gasteiger partial charge on any atom is -0.369 e. The van der Waals surface area contributed by atoms with Gasteiger partial charge in [0.15, 0.2) is 0 Å². The molecular weight excluding hydrogens is 222 g/mol. The summed E-state index contributed by atoms with van der Waals surface area (Å²) < 4.78 is 0. The smallest absolute Gasteiger partial charge is 0.146 e. The van der Waals surface area contributed by atoms with Gasteiger partial charge in [0.1, 0.15) is 16.9 Å². The van der Waals surface area contributed by atoms with Crippen LogP contribution in [0.2, 0.25) is 5.02 Å². The minimum atomic E-state index is 0.433. The van der Waals surface area contributed by atoms with E-state index < -0.39 is 0 Å². The molecule has 1 heterocycles. The predicted octanol–water partition coefficient (Wildman–Crippen LogP) is 3.21. The highest BCUT2D eigenvalue weighted by Gasteiger charge is 2.15. The first-order chi connectivity index (χ1) is 7.81. The van der Waals surface area contributed by atoms with Crippen molar-refractivity contribution >= 4 is 17.4 Å². The van der Waals surface area contributed by atoms with E-state index >= 15 is 0 Å². The molecule has 0 aromatic carbocycles. The Morgan fingerprint density at radius 1 is 1.50 bits per heavy atom. The van der Waals surface area contributed by atoms with Crippen LogP contribution in [0.1, 0.15) is 31.2 Å². The van der Waals surface area contributed by atoms with Crippen molar-refractivity contribution in [3.05, 3.63) is 22.8 Å². The van der Waals surface area contributed by atoms with Crippen molar-refractivity contribution in [3.8, 4) is 6.07 Å². The van der Waals surface area contributed by atoms with E-state index in [4.69, 9.17) is 16.9 Å². The van der Waals surface area contributed by atoms with Crippen LogP contribution in [0.4, 0.5) is 5.82 Å². The average molecular weight is 236 g/mol. The Labute approximate surface area is 100 Å². The number of nitrogens with zero attached hydrogens (tertiary/aromatic N) is 2. The van der Waals surface area contributed by atoms with Crippen molar-refractivity contribution in [1.29, 1.82) is 5.26 Å². The van der Waals surface area contributed by atoms with Gasteiger partial charge in [0.05, 0.1) is 5.56 Å². The summed E-state index contributed by atoms with van der Waals surface area (Å²) in [6, 6.07) is 3.68. The quantitative estimate of drug-likeness (QED) is 0.875. The highest BCUT2D eigenvalue weighted by molar-refractivity contribution is 6.34. The fourth-order valence-electron chi connectivity index (χ4n) is 2.11. The second-order valence-electron chi connectivity index (χ2n) is 4.16. The number of nitriles is 1. The lowest BCUT2D eigenvalue weighted by molar-refractivity contribution is 0.579. The van der Waals surface area contributed by atoms with Gasteiger partial charge in [-0.15, -0.1) is 0 Å². The highest BCUT2D eigenvalue weighted by atomic mass is 35.5. The van der Waals surface area contributed by atoms with E-state index in [1.54, 1.807) is 12.3 Å². The van der Waals surface area contributed by atoms with Gasteiger partial charge in [0.2, 0.25) is 0 Å². The standard InChI is InChI=1S/C12H14ClN3/c13-11-10(7-14)5-6-15-12(11)16-8-9-3-1-2-4-9/h5-6,9H,1-4,8H2,(H,15,16). The number of anilines is 1. The molecular formula is C12H14ClN3. The lowest BCUT2D eigenvalue weighted by atomic mass is 10.1. The molecule has 1 aromatic rings. The monoisotopic (exact) mass is 235 g/mol. The Kier molecular flexibility index (Phi) is 3.63. The molecule has 1 fully saturated rings. The van der Waals surface area contributed by atoms with E-state index in [0.717, 1.165) is 12.5 Å². The maximum Gasteiger partial charge on any atom is 0.146 e. The minimum absolute atomic E-state index is 0.433. The zero-order chi connectivity index (χ0) is 11.4. The van der Waals surface area contributed by atoms with Gasteiger partial charge in [-0.3, -0.25) is 0 Å². The molecule has 0 unspecified atom stereocenters. The third kappa shape index (κ3) is 2.45. The molecule has 0 bridgehead atoms. The summed E-state index contributed by atoms with van der Waals surface area (Å²) in [4.78, 5) is 4.15. The molecule has 1 aromatic heterocycles. The molecule has 0 radical (unpaired) electrons. The van der Waals surface area contributed by atoms with Gasteiger partial charge in [0.25, 0.3) is 0 Å². The van der Waals surface area contributed by atoms with Crippen LogP contribution in [0.5, 0.6) is 0 Å². The van der Waals surface area contributed by atoms with Gasteiger partial charge >= 0.3 is 0 Å². The average Bonchev–Trinajstić information content (AvgIpc) is 2.81. The Morgan fingerprint density at radius 2 is 2.25 bits per heavy atom. The molecule has 1 N–H and O–H groups in total. The van der Waals surface area contributed by atoms with Crippen LogP contribution in [0.15, 0.2) is 12.3 Å². The third-order valence-corrected chi connectivity index (χ3v) is 3.43. The van der Waals surface area contributed by atoms with Crippen molar-refractivity contribution in [2.45, 2.75) is 25.7 Å². The molecule has 1 aliphatic rings. The summed E-state index contributed by atoms with van der Waals surface area (Å²) in [6.07, 6.45) is 6.82. The van der Waals surface area contributed by atoms with Gasteiger partial charge in [-0.25, -0.2) is 4.98 Å². The molecule has 4 heteroatoms. The van der Waals surface area contributed by atoms with Crippen LogP contribution in [0.25, 0.3) is 0 Å². The zero-order valence-corrected chi connectivity index (χ0v) is 9.80. The van der Waals surface area contributed by atoms with E-state index in [-0.39, 0.29) is 0 Å². The molecule has 2 rings (SSSR count). The molecule has 0 spiro atoms. The fraction of sp³-hybridized carbons (Fsp3) is 0.500. The van der Waals surface area contributed by atoms with E-state index in [1.807, 2.05) is 0 Å². The first-order valence-electron chi connectivity index (χ1n) is 5.59. The molecule has 1 saturated carbocycles. The highest BCUT2D eigenvalue weighted by Crippen LogP contribution is 2.27. The maximum atomic E-state index is 8.83. The lowest BCUT2D eigenvalue weighted by Gasteiger charge is -2.12. The number of rotatable bonds is 3. The van der Waals surface area contributed by atoms with Gasteiger partial charge in [-0.05, 0) is 24.8 Å². The van der Waals surface area contributed by atoms with Crippen LogP contribution in [0, 0.1) is 17.2 Å². The van der Waals surface area contributed by atoms with Crippen LogP contribution in [-0.2, 0) is 0 Å². The fourth-order valence-corrected chi connectivity index (χ4v) is 2.33. The maximum absolute atomic E-state index is 8.83. The summed E-state index contributed by atoms with van der Waals surface area (Å²) in [5.74, 6) is 1.36. The lowest BCUT2D eigenvalue weighted by Crippen LogP contribution is -2.12. The third-order valence-electron chi connectivity index (χ3n) is 3.04. The molecule has 0 atom stereocenters. The van der Waals surface area contributed by atoms with Crippen LogP contribution >= 0.6 is 11.6 Å². The first-order valence-corrected chi connectivity index (χ1v) is 5.97. The zero-order valence-electron chi connectivity index (χ0n) is 9.04. The molecule has 0 saturated heterocycles.